The van der Waals surface area contributed by atoms with Crippen molar-refractivity contribution in [3.05, 3.63) is 23.8 Å². The third-order valence-corrected chi connectivity index (χ3v) is 2.80. The molecule has 100 valence electrons. The summed E-state index contributed by atoms with van der Waals surface area (Å²) in [5, 5.41) is 12.4. The molecule has 1 aromatic rings. The first-order valence-electron chi connectivity index (χ1n) is 5.86. The maximum atomic E-state index is 11.8. The lowest BCUT2D eigenvalue weighted by atomic mass is 10.1. The predicted octanol–water partition coefficient (Wildman–Crippen LogP) is 1.11. The van der Waals surface area contributed by atoms with E-state index in [0.717, 1.165) is 0 Å². The third-order valence-electron chi connectivity index (χ3n) is 2.80. The molecule has 1 aromatic carbocycles. The zero-order valence-electron chi connectivity index (χ0n) is 10.9. The highest BCUT2D eigenvalue weighted by Crippen LogP contribution is 2.23. The molecule has 0 radical (unpaired) electrons. The average Bonchev–Trinajstić information content (AvgIpc) is 2.34. The average molecular weight is 252 g/mol. The van der Waals surface area contributed by atoms with Crippen LogP contribution in [-0.4, -0.2) is 30.7 Å². The molecule has 1 unspecified atom stereocenters. The van der Waals surface area contributed by atoms with Crippen molar-refractivity contribution in [2.24, 2.45) is 11.7 Å². The second kappa shape index (κ2) is 6.26. The number of nitrogens with two attached hydrogens (primary N) is 1. The number of phenols is 1. The molecule has 1 rings (SSSR count). The Bertz CT molecular complexity index is 419. The van der Waals surface area contributed by atoms with Crippen LogP contribution in [0.25, 0.3) is 0 Å². The van der Waals surface area contributed by atoms with Gasteiger partial charge in [-0.2, -0.15) is 0 Å². The molecule has 0 bridgehead atoms. The molecule has 5 nitrogen and oxygen atoms in total. The van der Waals surface area contributed by atoms with Gasteiger partial charge in [-0.3, -0.25) is 4.79 Å². The van der Waals surface area contributed by atoms with E-state index in [-0.39, 0.29) is 29.2 Å². The van der Waals surface area contributed by atoms with Gasteiger partial charge in [0.05, 0.1) is 12.7 Å². The first-order valence-corrected chi connectivity index (χ1v) is 5.86. The van der Waals surface area contributed by atoms with Gasteiger partial charge in [0.1, 0.15) is 11.5 Å². The van der Waals surface area contributed by atoms with Gasteiger partial charge in [0.2, 0.25) is 0 Å². The third kappa shape index (κ3) is 3.63. The highest BCUT2D eigenvalue weighted by molar-refractivity contribution is 5.97. The number of hydrogen-bond acceptors (Lipinski definition) is 4. The van der Waals surface area contributed by atoms with Crippen LogP contribution in [0.2, 0.25) is 0 Å². The molecule has 5 heteroatoms. The van der Waals surface area contributed by atoms with Crippen LogP contribution in [0, 0.1) is 5.92 Å². The molecule has 1 atom stereocenters. The number of phenolic OH excluding ortho intramolecular Hbond substituents is 1. The summed E-state index contributed by atoms with van der Waals surface area (Å²) in [4.78, 5) is 11.8. The van der Waals surface area contributed by atoms with Crippen molar-refractivity contribution < 1.29 is 14.6 Å². The lowest BCUT2D eigenvalue weighted by Crippen LogP contribution is -2.40. The molecule has 0 saturated carbocycles. The largest absolute Gasteiger partial charge is 0.507 e. The number of carbonyl (C=O) groups is 1. The van der Waals surface area contributed by atoms with E-state index in [2.05, 4.69) is 5.32 Å². The number of benzene rings is 1. The van der Waals surface area contributed by atoms with Crippen LogP contribution in [0.15, 0.2) is 18.2 Å². The Hall–Kier alpha value is -1.75. The van der Waals surface area contributed by atoms with E-state index in [1.807, 2.05) is 13.8 Å². The Morgan fingerprint density at radius 2 is 2.17 bits per heavy atom. The van der Waals surface area contributed by atoms with E-state index in [1.54, 1.807) is 6.07 Å². The van der Waals surface area contributed by atoms with E-state index < -0.39 is 0 Å². The SMILES string of the molecule is COc1ccc(C(=O)NCC(N)C(C)C)c(O)c1. The van der Waals surface area contributed by atoms with E-state index in [4.69, 9.17) is 10.5 Å². The van der Waals surface area contributed by atoms with E-state index >= 15 is 0 Å². The number of methoxy groups -OCH3 is 1. The topological polar surface area (TPSA) is 84.6 Å². The molecule has 0 heterocycles. The van der Waals surface area contributed by atoms with Crippen molar-refractivity contribution in [3.8, 4) is 11.5 Å². The number of carbonyl (C=O) groups excluding carboxylic acids is 1. The van der Waals surface area contributed by atoms with Crippen LogP contribution in [0.4, 0.5) is 0 Å². The number of amides is 1. The molecule has 0 aliphatic rings. The minimum absolute atomic E-state index is 0.102. The van der Waals surface area contributed by atoms with E-state index in [0.29, 0.717) is 12.3 Å². The van der Waals surface area contributed by atoms with Gasteiger partial charge in [-0.05, 0) is 18.1 Å². The number of ether oxygens (including phenoxy) is 1. The lowest BCUT2D eigenvalue weighted by molar-refractivity contribution is 0.0946. The Labute approximate surface area is 107 Å². The van der Waals surface area contributed by atoms with Gasteiger partial charge in [-0.25, -0.2) is 0 Å². The number of aromatic hydroxyl groups is 1. The monoisotopic (exact) mass is 252 g/mol. The quantitative estimate of drug-likeness (QED) is 0.733. The summed E-state index contributed by atoms with van der Waals surface area (Å²) in [7, 11) is 1.50. The van der Waals surface area contributed by atoms with E-state index in [9.17, 15) is 9.90 Å². The van der Waals surface area contributed by atoms with Gasteiger partial charge in [-0.15, -0.1) is 0 Å². The number of nitrogens with one attached hydrogen (secondary N) is 1. The summed E-state index contributed by atoms with van der Waals surface area (Å²) in [6, 6.07) is 4.44. The van der Waals surface area contributed by atoms with Crippen LogP contribution in [0.3, 0.4) is 0 Å². The van der Waals surface area contributed by atoms with Crippen LogP contribution in [-0.2, 0) is 0 Å². The minimum Gasteiger partial charge on any atom is -0.507 e. The lowest BCUT2D eigenvalue weighted by Gasteiger charge is -2.16. The van der Waals surface area contributed by atoms with Crippen molar-refractivity contribution in [3.63, 3.8) is 0 Å². The molecular formula is C13H20N2O3. The second-order valence-corrected chi connectivity index (χ2v) is 4.50. The predicted molar refractivity (Wildman–Crippen MR) is 69.8 cm³/mol. The second-order valence-electron chi connectivity index (χ2n) is 4.50. The Kier molecular flexibility index (Phi) is 4.97. The summed E-state index contributed by atoms with van der Waals surface area (Å²) in [6.07, 6.45) is 0. The van der Waals surface area contributed by atoms with Crippen LogP contribution in [0.5, 0.6) is 11.5 Å². The Morgan fingerprint density at radius 3 is 2.67 bits per heavy atom. The molecule has 1 amide bonds. The summed E-state index contributed by atoms with van der Waals surface area (Å²) < 4.78 is 4.95. The normalized spacial score (nSPS) is 12.3. The molecule has 0 spiro atoms. The van der Waals surface area contributed by atoms with Crippen LogP contribution >= 0.6 is 0 Å². The maximum absolute atomic E-state index is 11.8. The van der Waals surface area contributed by atoms with Crippen LogP contribution < -0.4 is 15.8 Å². The smallest absolute Gasteiger partial charge is 0.255 e. The van der Waals surface area contributed by atoms with Crippen molar-refractivity contribution >= 4 is 5.91 Å². The van der Waals surface area contributed by atoms with Crippen LogP contribution in [0.1, 0.15) is 24.2 Å². The molecule has 0 saturated heterocycles. The fraction of sp³-hybridized carbons (Fsp3) is 0.462. The molecule has 0 aliphatic heterocycles. The van der Waals surface area contributed by atoms with Gasteiger partial charge in [0.25, 0.3) is 5.91 Å². The van der Waals surface area contributed by atoms with Crippen molar-refractivity contribution in [1.29, 1.82) is 0 Å². The van der Waals surface area contributed by atoms with Crippen molar-refractivity contribution in [2.45, 2.75) is 19.9 Å². The van der Waals surface area contributed by atoms with Gasteiger partial charge in [0.15, 0.2) is 0 Å². The summed E-state index contributed by atoms with van der Waals surface area (Å²) in [6.45, 7) is 4.35. The molecule has 0 fully saturated rings. The first-order chi connectivity index (χ1) is 8.45. The highest BCUT2D eigenvalue weighted by Gasteiger charge is 2.14. The van der Waals surface area contributed by atoms with Gasteiger partial charge >= 0.3 is 0 Å². The number of hydrogen-bond donors (Lipinski definition) is 3. The highest BCUT2D eigenvalue weighted by atomic mass is 16.5. The molecule has 0 aliphatic carbocycles. The molecular weight excluding hydrogens is 232 g/mol. The zero-order valence-corrected chi connectivity index (χ0v) is 10.9. The standard InChI is InChI=1S/C13H20N2O3/c1-8(2)11(14)7-15-13(17)10-5-4-9(18-3)6-12(10)16/h4-6,8,11,16H,7,14H2,1-3H3,(H,15,17). The fourth-order valence-electron chi connectivity index (χ4n) is 1.37. The Balaban J connectivity index is 2.67. The van der Waals surface area contributed by atoms with Gasteiger partial charge in [0, 0.05) is 18.7 Å². The van der Waals surface area contributed by atoms with Crippen molar-refractivity contribution in [1.82, 2.24) is 5.32 Å². The molecule has 4 N–H and O–H groups in total. The zero-order chi connectivity index (χ0) is 13.7. The number of rotatable bonds is 5. The first kappa shape index (κ1) is 14.3. The molecule has 0 aromatic heterocycles. The Morgan fingerprint density at radius 1 is 1.50 bits per heavy atom. The van der Waals surface area contributed by atoms with E-state index in [1.165, 1.54) is 19.2 Å². The summed E-state index contributed by atoms with van der Waals surface area (Å²) in [5.74, 6) is 0.342. The summed E-state index contributed by atoms with van der Waals surface area (Å²) in [5.41, 5.74) is 6.04. The van der Waals surface area contributed by atoms with Gasteiger partial charge < -0.3 is 20.9 Å². The maximum Gasteiger partial charge on any atom is 0.255 e. The fourth-order valence-corrected chi connectivity index (χ4v) is 1.37. The summed E-state index contributed by atoms with van der Waals surface area (Å²) >= 11 is 0. The minimum atomic E-state index is -0.341. The molecule has 18 heavy (non-hydrogen) atoms. The van der Waals surface area contributed by atoms with Crippen molar-refractivity contribution in [2.75, 3.05) is 13.7 Å². The van der Waals surface area contributed by atoms with Gasteiger partial charge in [-0.1, -0.05) is 13.8 Å².